The van der Waals surface area contributed by atoms with E-state index in [1.54, 1.807) is 24.3 Å². The zero-order valence-corrected chi connectivity index (χ0v) is 16.3. The predicted octanol–water partition coefficient (Wildman–Crippen LogP) is 6.17. The number of hydrogen-bond donors (Lipinski definition) is 0. The van der Waals surface area contributed by atoms with E-state index >= 15 is 0 Å². The highest BCUT2D eigenvalue weighted by atomic mass is 35.5. The Bertz CT molecular complexity index is 989. The maximum absolute atomic E-state index is 9.55. The highest BCUT2D eigenvalue weighted by Gasteiger charge is 2.07. The molecule has 28 heavy (non-hydrogen) atoms. The van der Waals surface area contributed by atoms with Gasteiger partial charge in [-0.15, -0.1) is 0 Å². The van der Waals surface area contributed by atoms with Gasteiger partial charge in [-0.1, -0.05) is 59.6 Å². The number of benzene rings is 3. The summed E-state index contributed by atoms with van der Waals surface area (Å²) in [6.07, 6.45) is 1.79. The molecule has 140 valence electrons. The maximum atomic E-state index is 9.55. The van der Waals surface area contributed by atoms with E-state index in [2.05, 4.69) is 6.07 Å². The highest BCUT2D eigenvalue weighted by Crippen LogP contribution is 2.27. The standard InChI is InChI=1S/C24H20ClNO2/c1-18-7-10-23(11-8-18)27-13-14-28-24-12-9-22(25)16-20(24)15-21(17-26)19-5-3-2-4-6-19/h2-12,15-16H,13-14H2,1H3/b21-15-. The first-order valence-electron chi connectivity index (χ1n) is 8.95. The molecule has 0 radical (unpaired) electrons. The number of rotatable bonds is 7. The monoisotopic (exact) mass is 389 g/mol. The molecule has 0 fully saturated rings. The van der Waals surface area contributed by atoms with Crippen LogP contribution in [0.25, 0.3) is 11.6 Å². The molecule has 0 aliphatic rings. The topological polar surface area (TPSA) is 42.2 Å². The first kappa shape index (κ1) is 19.5. The van der Waals surface area contributed by atoms with Crippen LogP contribution in [0.2, 0.25) is 5.02 Å². The van der Waals surface area contributed by atoms with Gasteiger partial charge in [-0.3, -0.25) is 0 Å². The quantitative estimate of drug-likeness (QED) is 0.275. The molecule has 0 aliphatic carbocycles. The lowest BCUT2D eigenvalue weighted by molar-refractivity contribution is 0.217. The summed E-state index contributed by atoms with van der Waals surface area (Å²) in [5.41, 5.74) is 3.33. The van der Waals surface area contributed by atoms with Crippen molar-refractivity contribution in [3.8, 4) is 17.6 Å². The van der Waals surface area contributed by atoms with Gasteiger partial charge in [0.1, 0.15) is 24.7 Å². The van der Waals surface area contributed by atoms with E-state index in [9.17, 15) is 5.26 Å². The van der Waals surface area contributed by atoms with Crippen LogP contribution in [0.5, 0.6) is 11.5 Å². The molecule has 0 amide bonds. The SMILES string of the molecule is Cc1ccc(OCCOc2ccc(Cl)cc2/C=C(/C#N)c2ccccc2)cc1. The molecule has 0 bridgehead atoms. The molecule has 0 spiro atoms. The first-order valence-corrected chi connectivity index (χ1v) is 9.32. The van der Waals surface area contributed by atoms with Gasteiger partial charge >= 0.3 is 0 Å². The highest BCUT2D eigenvalue weighted by molar-refractivity contribution is 6.30. The van der Waals surface area contributed by atoms with Gasteiger partial charge in [-0.05, 0) is 48.9 Å². The van der Waals surface area contributed by atoms with E-state index in [-0.39, 0.29) is 0 Å². The Kier molecular flexibility index (Phi) is 6.73. The molecule has 0 N–H and O–H groups in total. The Hall–Kier alpha value is -3.22. The van der Waals surface area contributed by atoms with Crippen LogP contribution in [0.1, 0.15) is 16.7 Å². The van der Waals surface area contributed by atoms with Gasteiger partial charge in [-0.25, -0.2) is 0 Å². The minimum atomic E-state index is 0.379. The van der Waals surface area contributed by atoms with Crippen LogP contribution in [0.15, 0.2) is 72.8 Å². The van der Waals surface area contributed by atoms with Crippen molar-refractivity contribution >= 4 is 23.3 Å². The Morgan fingerprint density at radius 3 is 2.39 bits per heavy atom. The number of ether oxygens (including phenoxy) is 2. The van der Waals surface area contributed by atoms with Crippen molar-refractivity contribution in [1.82, 2.24) is 0 Å². The molecule has 3 rings (SSSR count). The van der Waals surface area contributed by atoms with E-state index in [0.717, 1.165) is 16.9 Å². The van der Waals surface area contributed by atoms with Gasteiger partial charge in [0.25, 0.3) is 0 Å². The third-order valence-electron chi connectivity index (χ3n) is 4.11. The van der Waals surface area contributed by atoms with Gasteiger partial charge in [0.15, 0.2) is 0 Å². The van der Waals surface area contributed by atoms with Crippen molar-refractivity contribution < 1.29 is 9.47 Å². The Morgan fingerprint density at radius 1 is 0.964 bits per heavy atom. The van der Waals surface area contributed by atoms with Crippen LogP contribution < -0.4 is 9.47 Å². The minimum absolute atomic E-state index is 0.379. The normalized spacial score (nSPS) is 11.0. The van der Waals surface area contributed by atoms with Crippen molar-refractivity contribution in [1.29, 1.82) is 5.26 Å². The Balaban J connectivity index is 1.71. The van der Waals surface area contributed by atoms with E-state index in [1.165, 1.54) is 5.56 Å². The average molecular weight is 390 g/mol. The van der Waals surface area contributed by atoms with Crippen molar-refractivity contribution in [3.05, 3.63) is 94.5 Å². The summed E-state index contributed by atoms with van der Waals surface area (Å²) in [5.74, 6) is 1.46. The Labute approximate surface area is 170 Å². The van der Waals surface area contributed by atoms with E-state index in [0.29, 0.717) is 29.6 Å². The molecule has 0 heterocycles. The summed E-state index contributed by atoms with van der Waals surface area (Å²) in [6, 6.07) is 25.0. The molecule has 0 aromatic heterocycles. The van der Waals surface area contributed by atoms with Crippen LogP contribution in [0, 0.1) is 18.3 Å². The molecule has 0 atom stereocenters. The van der Waals surface area contributed by atoms with Crippen molar-refractivity contribution in [2.24, 2.45) is 0 Å². The second-order valence-electron chi connectivity index (χ2n) is 6.23. The number of aryl methyl sites for hydroxylation is 1. The van der Waals surface area contributed by atoms with Crippen LogP contribution >= 0.6 is 11.6 Å². The molecule has 0 saturated carbocycles. The van der Waals surface area contributed by atoms with Gasteiger partial charge in [0.05, 0.1) is 11.6 Å². The molecular formula is C24H20ClNO2. The fourth-order valence-corrected chi connectivity index (χ4v) is 2.84. The molecule has 3 aromatic carbocycles. The summed E-state index contributed by atoms with van der Waals surface area (Å²) in [4.78, 5) is 0. The van der Waals surface area contributed by atoms with E-state index in [4.69, 9.17) is 21.1 Å². The second-order valence-corrected chi connectivity index (χ2v) is 6.66. The zero-order chi connectivity index (χ0) is 19.8. The summed E-state index contributed by atoms with van der Waals surface area (Å²) in [5, 5.41) is 10.1. The van der Waals surface area contributed by atoms with Gasteiger partial charge < -0.3 is 9.47 Å². The van der Waals surface area contributed by atoms with Crippen LogP contribution in [-0.4, -0.2) is 13.2 Å². The number of nitriles is 1. The van der Waals surface area contributed by atoms with Gasteiger partial charge in [0.2, 0.25) is 0 Å². The lowest BCUT2D eigenvalue weighted by atomic mass is 10.0. The summed E-state index contributed by atoms with van der Waals surface area (Å²) >= 11 is 6.15. The molecule has 3 aromatic rings. The Morgan fingerprint density at radius 2 is 1.68 bits per heavy atom. The molecule has 0 saturated heterocycles. The maximum Gasteiger partial charge on any atom is 0.126 e. The predicted molar refractivity (Wildman–Crippen MR) is 114 cm³/mol. The van der Waals surface area contributed by atoms with E-state index < -0.39 is 0 Å². The van der Waals surface area contributed by atoms with Crippen LogP contribution in [-0.2, 0) is 0 Å². The first-order chi connectivity index (χ1) is 13.7. The zero-order valence-electron chi connectivity index (χ0n) is 15.6. The van der Waals surface area contributed by atoms with Crippen molar-refractivity contribution in [2.45, 2.75) is 6.92 Å². The number of hydrogen-bond acceptors (Lipinski definition) is 3. The summed E-state index contributed by atoms with van der Waals surface area (Å²) in [6.45, 7) is 2.83. The van der Waals surface area contributed by atoms with Gasteiger partial charge in [0, 0.05) is 10.6 Å². The molecule has 4 heteroatoms. The lowest BCUT2D eigenvalue weighted by Gasteiger charge is -2.11. The van der Waals surface area contributed by atoms with Crippen molar-refractivity contribution in [2.75, 3.05) is 13.2 Å². The lowest BCUT2D eigenvalue weighted by Crippen LogP contribution is -2.09. The third kappa shape index (κ3) is 5.39. The smallest absolute Gasteiger partial charge is 0.126 e. The molecule has 0 unspecified atom stereocenters. The van der Waals surface area contributed by atoms with Gasteiger partial charge in [-0.2, -0.15) is 5.26 Å². The number of nitrogens with zero attached hydrogens (tertiary/aromatic N) is 1. The third-order valence-corrected chi connectivity index (χ3v) is 4.34. The second kappa shape index (κ2) is 9.64. The van der Waals surface area contributed by atoms with Crippen molar-refractivity contribution in [3.63, 3.8) is 0 Å². The van der Waals surface area contributed by atoms with Crippen LogP contribution in [0.3, 0.4) is 0 Å². The molecular weight excluding hydrogens is 370 g/mol. The fourth-order valence-electron chi connectivity index (χ4n) is 2.66. The average Bonchev–Trinajstić information content (AvgIpc) is 2.72. The molecule has 0 aliphatic heterocycles. The number of halogens is 1. The largest absolute Gasteiger partial charge is 0.490 e. The summed E-state index contributed by atoms with van der Waals surface area (Å²) in [7, 11) is 0. The van der Waals surface area contributed by atoms with E-state index in [1.807, 2.05) is 61.5 Å². The van der Waals surface area contributed by atoms with Crippen LogP contribution in [0.4, 0.5) is 0 Å². The minimum Gasteiger partial charge on any atom is -0.490 e. The fraction of sp³-hybridized carbons (Fsp3) is 0.125. The number of allylic oxidation sites excluding steroid dienone is 1. The summed E-state index contributed by atoms with van der Waals surface area (Å²) < 4.78 is 11.6. The molecule has 3 nitrogen and oxygen atoms in total.